The molecule has 0 saturated heterocycles. The lowest BCUT2D eigenvalue weighted by molar-refractivity contribution is 1.65. The Labute approximate surface area is 179 Å². The Hall–Kier alpha value is -4.24. The Morgan fingerprint density at radius 3 is 0.839 bits per heavy atom. The maximum absolute atomic E-state index is 6.57. The number of rotatable bonds is 2. The molecule has 6 rings (SSSR count). The lowest BCUT2D eigenvalue weighted by Gasteiger charge is -2.20. The van der Waals surface area contributed by atoms with Gasteiger partial charge in [0.2, 0.25) is 0 Å². The first kappa shape index (κ1) is 17.6. The maximum atomic E-state index is 6.57. The molecule has 0 saturated carbocycles. The number of nitrogens with two attached hydrogens (primary N) is 2. The van der Waals surface area contributed by atoms with Crippen LogP contribution < -0.4 is 16.8 Å². The van der Waals surface area contributed by atoms with E-state index in [2.05, 4.69) is 78.1 Å². The molecule has 0 amide bonds. The molecule has 0 aromatic heterocycles. The molecule has 3 nitrogen and oxygen atoms in total. The van der Waals surface area contributed by atoms with E-state index in [0.29, 0.717) is 0 Å². The first-order valence-corrected chi connectivity index (χ1v) is 10.4. The van der Waals surface area contributed by atoms with E-state index < -0.39 is 0 Å². The second-order valence-corrected chi connectivity index (χ2v) is 7.88. The summed E-state index contributed by atoms with van der Waals surface area (Å²) in [4.78, 5) is 0. The van der Waals surface area contributed by atoms with E-state index in [1.54, 1.807) is 0 Å². The second kappa shape index (κ2) is 6.64. The summed E-state index contributed by atoms with van der Waals surface area (Å²) in [6, 6.07) is 33.2. The van der Waals surface area contributed by atoms with E-state index in [-0.39, 0.29) is 0 Å². The van der Waals surface area contributed by atoms with Crippen molar-refractivity contribution in [3.8, 4) is 0 Å². The third-order valence-electron chi connectivity index (χ3n) is 6.20. The van der Waals surface area contributed by atoms with Gasteiger partial charge in [-0.05, 0) is 0 Å². The zero-order valence-electron chi connectivity index (χ0n) is 16.9. The van der Waals surface area contributed by atoms with Crippen LogP contribution in [0.25, 0.3) is 43.1 Å². The number of benzene rings is 6. The van der Waals surface area contributed by atoms with Crippen molar-refractivity contribution in [1.82, 2.24) is 0 Å². The molecule has 5 N–H and O–H groups in total. The highest BCUT2D eigenvalue weighted by Gasteiger charge is 2.16. The average molecular weight is 399 g/mol. The van der Waals surface area contributed by atoms with Crippen LogP contribution in [0.2, 0.25) is 0 Å². The van der Waals surface area contributed by atoms with E-state index in [9.17, 15) is 0 Å². The average Bonchev–Trinajstić information content (AvgIpc) is 2.84. The summed E-state index contributed by atoms with van der Waals surface area (Å²) in [7, 11) is 0. The summed E-state index contributed by atoms with van der Waals surface area (Å²) < 4.78 is 0. The van der Waals surface area contributed by atoms with Crippen molar-refractivity contribution in [2.45, 2.75) is 0 Å². The first-order chi connectivity index (χ1) is 15.2. The Balaban J connectivity index is 1.76. The van der Waals surface area contributed by atoms with Crippen LogP contribution >= 0.6 is 0 Å². The molecule has 3 heteroatoms. The van der Waals surface area contributed by atoms with E-state index in [1.807, 2.05) is 24.3 Å². The minimum absolute atomic E-state index is 0.809. The molecule has 0 atom stereocenters. The molecule has 0 aliphatic carbocycles. The molecule has 0 unspecified atom stereocenters. The molecule has 6 aromatic carbocycles. The van der Waals surface area contributed by atoms with Crippen molar-refractivity contribution in [2.24, 2.45) is 0 Å². The Bertz CT molecular complexity index is 1400. The molecule has 0 heterocycles. The Morgan fingerprint density at radius 2 is 0.581 bits per heavy atom. The van der Waals surface area contributed by atoms with Gasteiger partial charge in [-0.15, -0.1) is 0 Å². The molecular formula is C28H21N3. The third kappa shape index (κ3) is 2.53. The molecule has 6 aromatic rings. The van der Waals surface area contributed by atoms with Crippen molar-refractivity contribution in [3.05, 3.63) is 97.1 Å². The predicted molar refractivity (Wildman–Crippen MR) is 135 cm³/mol. The zero-order valence-corrected chi connectivity index (χ0v) is 16.9. The fourth-order valence-electron chi connectivity index (χ4n) is 4.72. The van der Waals surface area contributed by atoms with Crippen molar-refractivity contribution in [2.75, 3.05) is 16.8 Å². The van der Waals surface area contributed by atoms with Gasteiger partial charge < -0.3 is 16.8 Å². The maximum Gasteiger partial charge on any atom is 0.0545 e. The van der Waals surface area contributed by atoms with Gasteiger partial charge in [0.15, 0.2) is 0 Å². The molecule has 0 aliphatic heterocycles. The molecule has 0 aliphatic rings. The number of fused-ring (bicyclic) bond motifs is 4. The van der Waals surface area contributed by atoms with E-state index in [1.165, 1.54) is 0 Å². The Kier molecular flexibility index (Phi) is 3.77. The lowest BCUT2D eigenvalue weighted by atomic mass is 9.96. The monoisotopic (exact) mass is 399 g/mol. The van der Waals surface area contributed by atoms with Gasteiger partial charge in [-0.2, -0.15) is 0 Å². The number of hydrogen-bond acceptors (Lipinski definition) is 3. The van der Waals surface area contributed by atoms with Crippen molar-refractivity contribution >= 4 is 65.8 Å². The SMILES string of the molecule is Nc1c2ccccc2c(Nc2c3ccccc3c(N)c3ccccc23)c2ccccc12. The van der Waals surface area contributed by atoms with E-state index in [0.717, 1.165) is 65.8 Å². The quantitative estimate of drug-likeness (QED) is 0.164. The molecule has 31 heavy (non-hydrogen) atoms. The minimum atomic E-state index is 0.809. The highest BCUT2D eigenvalue weighted by atomic mass is 14.9. The molecular weight excluding hydrogens is 378 g/mol. The molecule has 0 radical (unpaired) electrons. The minimum Gasteiger partial charge on any atom is -0.398 e. The number of nitrogens with one attached hydrogen (secondary N) is 1. The number of hydrogen-bond donors (Lipinski definition) is 3. The van der Waals surface area contributed by atoms with Crippen LogP contribution in [0, 0.1) is 0 Å². The summed E-state index contributed by atoms with van der Waals surface area (Å²) in [6.07, 6.45) is 0. The van der Waals surface area contributed by atoms with Crippen LogP contribution in [0.3, 0.4) is 0 Å². The Morgan fingerprint density at radius 1 is 0.355 bits per heavy atom. The summed E-state index contributed by atoms with van der Waals surface area (Å²) in [5.41, 5.74) is 16.9. The first-order valence-electron chi connectivity index (χ1n) is 10.4. The van der Waals surface area contributed by atoms with Crippen LogP contribution in [0.5, 0.6) is 0 Å². The largest absolute Gasteiger partial charge is 0.398 e. The summed E-state index contributed by atoms with van der Waals surface area (Å²) >= 11 is 0. The van der Waals surface area contributed by atoms with Crippen LogP contribution in [0.15, 0.2) is 97.1 Å². The summed E-state index contributed by atoms with van der Waals surface area (Å²) in [5, 5.41) is 12.4. The van der Waals surface area contributed by atoms with Gasteiger partial charge in [-0.25, -0.2) is 0 Å². The van der Waals surface area contributed by atoms with Gasteiger partial charge in [-0.3, -0.25) is 0 Å². The van der Waals surface area contributed by atoms with Crippen molar-refractivity contribution < 1.29 is 0 Å². The highest BCUT2D eigenvalue weighted by Crippen LogP contribution is 2.44. The number of nitrogen functional groups attached to an aromatic ring is 2. The fourth-order valence-corrected chi connectivity index (χ4v) is 4.72. The van der Waals surface area contributed by atoms with Crippen LogP contribution in [0.4, 0.5) is 22.7 Å². The highest BCUT2D eigenvalue weighted by molar-refractivity contribution is 6.24. The fraction of sp³-hybridized carbons (Fsp3) is 0. The zero-order chi connectivity index (χ0) is 20.9. The summed E-state index contributed by atoms with van der Waals surface area (Å²) in [6.45, 7) is 0. The van der Waals surface area contributed by atoms with Crippen molar-refractivity contribution in [1.29, 1.82) is 0 Å². The van der Waals surface area contributed by atoms with Gasteiger partial charge in [-0.1, -0.05) is 97.1 Å². The predicted octanol–water partition coefficient (Wildman–Crippen LogP) is 7.21. The molecule has 148 valence electrons. The smallest absolute Gasteiger partial charge is 0.0545 e. The van der Waals surface area contributed by atoms with Gasteiger partial charge in [0.1, 0.15) is 0 Å². The van der Waals surface area contributed by atoms with E-state index >= 15 is 0 Å². The third-order valence-corrected chi connectivity index (χ3v) is 6.20. The van der Waals surface area contributed by atoms with Gasteiger partial charge in [0.25, 0.3) is 0 Å². The van der Waals surface area contributed by atoms with Gasteiger partial charge in [0.05, 0.1) is 11.4 Å². The standard InChI is InChI=1S/C28H21N3/c29-25-17-9-1-5-13-21(17)27(22-14-6-2-10-18(22)25)31-28-23-15-7-3-11-19(23)26(30)20-12-4-8-16-24(20)28/h1-16,31H,29-30H2. The second-order valence-electron chi connectivity index (χ2n) is 7.88. The number of anilines is 4. The van der Waals surface area contributed by atoms with E-state index in [4.69, 9.17) is 11.5 Å². The van der Waals surface area contributed by atoms with Crippen molar-refractivity contribution in [3.63, 3.8) is 0 Å². The van der Waals surface area contributed by atoms with Crippen LogP contribution in [-0.2, 0) is 0 Å². The lowest BCUT2D eigenvalue weighted by Crippen LogP contribution is -2.00. The molecule has 0 spiro atoms. The van der Waals surface area contributed by atoms with Crippen LogP contribution in [0.1, 0.15) is 0 Å². The van der Waals surface area contributed by atoms with Gasteiger partial charge in [0, 0.05) is 54.5 Å². The van der Waals surface area contributed by atoms with Gasteiger partial charge >= 0.3 is 0 Å². The molecule has 0 fully saturated rings. The van der Waals surface area contributed by atoms with Crippen LogP contribution in [-0.4, -0.2) is 0 Å². The summed E-state index contributed by atoms with van der Waals surface area (Å²) in [5.74, 6) is 0. The molecule has 0 bridgehead atoms. The normalized spacial score (nSPS) is 11.5. The topological polar surface area (TPSA) is 64.1 Å².